The molecule has 1 atom stereocenters. The van der Waals surface area contributed by atoms with E-state index < -0.39 is 16.9 Å². The summed E-state index contributed by atoms with van der Waals surface area (Å²) in [4.78, 5) is 18.3. The third-order valence-electron chi connectivity index (χ3n) is 7.36. The van der Waals surface area contributed by atoms with Crippen LogP contribution in [0.15, 0.2) is 102 Å². The van der Waals surface area contributed by atoms with Crippen molar-refractivity contribution in [2.75, 3.05) is 0 Å². The van der Waals surface area contributed by atoms with E-state index in [1.807, 2.05) is 59.2 Å². The summed E-state index contributed by atoms with van der Waals surface area (Å²) in [6.07, 6.45) is 9.02. The zero-order valence-electron chi connectivity index (χ0n) is 22.0. The lowest BCUT2D eigenvalue weighted by molar-refractivity contribution is 0.0984. The fourth-order valence-electron chi connectivity index (χ4n) is 5.31. The molecule has 7 nitrogen and oxygen atoms in total. The summed E-state index contributed by atoms with van der Waals surface area (Å²) in [7, 11) is -1.68. The molecule has 6 rings (SSSR count). The molecule has 1 amide bonds. The zero-order valence-corrected chi connectivity index (χ0v) is 22.8. The Hall–Kier alpha value is -4.30. The van der Waals surface area contributed by atoms with Crippen LogP contribution in [0.1, 0.15) is 59.6 Å². The molecule has 0 saturated heterocycles. The summed E-state index contributed by atoms with van der Waals surface area (Å²) in [6, 6.07) is 27.0. The number of nitrogens with zero attached hydrogens (tertiary/aromatic N) is 3. The molecule has 2 aromatic heterocycles. The molecule has 202 valence electrons. The Balaban J connectivity index is 1.30. The summed E-state index contributed by atoms with van der Waals surface area (Å²) in [5.41, 5.74) is 4.97. The maximum absolute atomic E-state index is 13.1. The lowest BCUT2D eigenvalue weighted by Gasteiger charge is -2.25. The minimum absolute atomic E-state index is 0.303. The zero-order chi connectivity index (χ0) is 27.3. The van der Waals surface area contributed by atoms with Crippen molar-refractivity contribution in [1.82, 2.24) is 19.3 Å². The molecule has 1 aliphatic carbocycles. The third kappa shape index (κ3) is 5.53. The van der Waals surface area contributed by atoms with E-state index in [0.29, 0.717) is 28.6 Å². The molecular weight excluding hydrogens is 520 g/mol. The maximum Gasteiger partial charge on any atom is 0.268 e. The van der Waals surface area contributed by atoms with Crippen LogP contribution < -0.4 is 9.46 Å². The predicted molar refractivity (Wildman–Crippen MR) is 155 cm³/mol. The van der Waals surface area contributed by atoms with E-state index in [9.17, 15) is 9.00 Å². The van der Waals surface area contributed by atoms with Gasteiger partial charge in [-0.3, -0.25) is 9.52 Å². The van der Waals surface area contributed by atoms with Crippen molar-refractivity contribution in [3.63, 3.8) is 0 Å². The SMILES string of the molecule is O=C(NS(=O)c1ccccc1)c1cnn2c(C3CCCCC3)c(-c3ccc(OCc4ccccc4)cc3)cnc12. The van der Waals surface area contributed by atoms with E-state index in [0.717, 1.165) is 53.8 Å². The van der Waals surface area contributed by atoms with Crippen LogP contribution in [0, 0.1) is 0 Å². The number of nitrogens with one attached hydrogen (secondary N) is 1. The number of hydrogen-bond donors (Lipinski definition) is 1. The first kappa shape index (κ1) is 26.0. The number of amides is 1. The number of carbonyl (C=O) groups is 1. The van der Waals surface area contributed by atoms with Crippen LogP contribution in [-0.2, 0) is 17.6 Å². The molecule has 8 heteroatoms. The van der Waals surface area contributed by atoms with Crippen molar-refractivity contribution in [3.8, 4) is 16.9 Å². The molecule has 1 aliphatic rings. The molecular formula is C32H30N4O3S. The average Bonchev–Trinajstić information content (AvgIpc) is 3.46. The third-order valence-corrected chi connectivity index (χ3v) is 8.43. The largest absolute Gasteiger partial charge is 0.489 e. The molecule has 40 heavy (non-hydrogen) atoms. The van der Waals surface area contributed by atoms with E-state index >= 15 is 0 Å². The fourth-order valence-corrected chi connectivity index (χ4v) is 6.11. The average molecular weight is 551 g/mol. The molecule has 3 aromatic carbocycles. The van der Waals surface area contributed by atoms with Crippen LogP contribution in [-0.4, -0.2) is 24.7 Å². The van der Waals surface area contributed by atoms with Gasteiger partial charge in [0.15, 0.2) is 16.6 Å². The van der Waals surface area contributed by atoms with Crippen LogP contribution >= 0.6 is 0 Å². The molecule has 1 N–H and O–H groups in total. The van der Waals surface area contributed by atoms with E-state index in [2.05, 4.69) is 26.9 Å². The lowest BCUT2D eigenvalue weighted by Crippen LogP contribution is -2.25. The first-order valence-corrected chi connectivity index (χ1v) is 14.7. The Bertz CT molecular complexity index is 1630. The highest BCUT2D eigenvalue weighted by Gasteiger charge is 2.26. The van der Waals surface area contributed by atoms with Gasteiger partial charge < -0.3 is 4.74 Å². The molecule has 0 spiro atoms. The van der Waals surface area contributed by atoms with E-state index in [1.54, 1.807) is 24.3 Å². The van der Waals surface area contributed by atoms with Gasteiger partial charge in [-0.25, -0.2) is 13.7 Å². The minimum atomic E-state index is -1.68. The van der Waals surface area contributed by atoms with Crippen LogP contribution in [0.25, 0.3) is 16.8 Å². The topological polar surface area (TPSA) is 85.6 Å². The number of aromatic nitrogens is 3. The van der Waals surface area contributed by atoms with Gasteiger partial charge >= 0.3 is 0 Å². The number of rotatable bonds is 8. The summed E-state index contributed by atoms with van der Waals surface area (Å²) in [6.45, 7) is 0.508. The standard InChI is InChI=1S/C32H30N4O3S/c37-32(35-40(38)27-14-8-3-9-15-27)29-21-34-36-30(25-12-6-2-7-13-25)28(20-33-31(29)36)24-16-18-26(19-17-24)39-22-23-10-4-1-5-11-23/h1,3-5,8-11,14-21,25H,2,6-7,12-13,22H2,(H,35,37). The van der Waals surface area contributed by atoms with Crippen molar-refractivity contribution >= 4 is 22.5 Å². The highest BCUT2D eigenvalue weighted by atomic mass is 32.2. The van der Waals surface area contributed by atoms with E-state index in [1.165, 1.54) is 12.6 Å². The van der Waals surface area contributed by atoms with Gasteiger partial charge in [-0.05, 0) is 48.2 Å². The highest BCUT2D eigenvalue weighted by molar-refractivity contribution is 7.83. The highest BCUT2D eigenvalue weighted by Crippen LogP contribution is 2.38. The Morgan fingerprint density at radius 1 is 0.900 bits per heavy atom. The van der Waals surface area contributed by atoms with Gasteiger partial charge in [-0.2, -0.15) is 5.10 Å². The van der Waals surface area contributed by atoms with Crippen molar-refractivity contribution in [2.45, 2.75) is 49.5 Å². The second-order valence-corrected chi connectivity index (χ2v) is 11.2. The number of hydrogen-bond acceptors (Lipinski definition) is 5. The Morgan fingerprint density at radius 2 is 1.60 bits per heavy atom. The van der Waals surface area contributed by atoms with Crippen molar-refractivity contribution in [2.24, 2.45) is 0 Å². The smallest absolute Gasteiger partial charge is 0.268 e. The Labute approximate surface area is 235 Å². The van der Waals surface area contributed by atoms with E-state index in [-0.39, 0.29) is 0 Å². The van der Waals surface area contributed by atoms with Gasteiger partial charge in [0, 0.05) is 17.7 Å². The quantitative estimate of drug-likeness (QED) is 0.239. The Kier molecular flexibility index (Phi) is 7.68. The van der Waals surface area contributed by atoms with Gasteiger partial charge in [0.05, 0.1) is 16.8 Å². The number of benzene rings is 3. The van der Waals surface area contributed by atoms with Crippen LogP contribution in [0.3, 0.4) is 0 Å². The van der Waals surface area contributed by atoms with Crippen LogP contribution in [0.4, 0.5) is 0 Å². The van der Waals surface area contributed by atoms with Crippen LogP contribution in [0.5, 0.6) is 5.75 Å². The second-order valence-electron chi connectivity index (χ2n) is 10.00. The number of fused-ring (bicyclic) bond motifs is 1. The molecule has 1 fully saturated rings. The summed E-state index contributed by atoms with van der Waals surface area (Å²) >= 11 is 0. The second kappa shape index (κ2) is 11.8. The van der Waals surface area contributed by atoms with E-state index in [4.69, 9.17) is 4.74 Å². The normalized spacial score (nSPS) is 14.6. The van der Waals surface area contributed by atoms with Crippen molar-refractivity contribution < 1.29 is 13.7 Å². The van der Waals surface area contributed by atoms with Gasteiger partial charge in [-0.15, -0.1) is 0 Å². The first-order valence-electron chi connectivity index (χ1n) is 13.6. The molecule has 0 aliphatic heterocycles. The fraction of sp³-hybridized carbons (Fsp3) is 0.219. The Morgan fingerprint density at radius 3 is 2.33 bits per heavy atom. The maximum atomic E-state index is 13.1. The molecule has 0 radical (unpaired) electrons. The van der Waals surface area contributed by atoms with Gasteiger partial charge in [-0.1, -0.05) is 79.9 Å². The minimum Gasteiger partial charge on any atom is -0.489 e. The lowest BCUT2D eigenvalue weighted by atomic mass is 9.84. The van der Waals surface area contributed by atoms with Crippen molar-refractivity contribution in [1.29, 1.82) is 0 Å². The summed E-state index contributed by atoms with van der Waals surface area (Å²) in [5, 5.41) is 4.63. The molecule has 5 aromatic rings. The number of carbonyl (C=O) groups excluding carboxylic acids is 1. The molecule has 0 bridgehead atoms. The van der Waals surface area contributed by atoms with Crippen molar-refractivity contribution in [3.05, 3.63) is 114 Å². The molecule has 1 saturated carbocycles. The van der Waals surface area contributed by atoms with Crippen LogP contribution in [0.2, 0.25) is 0 Å². The monoisotopic (exact) mass is 550 g/mol. The number of ether oxygens (including phenoxy) is 1. The van der Waals surface area contributed by atoms with Gasteiger partial charge in [0.2, 0.25) is 0 Å². The van der Waals surface area contributed by atoms with Gasteiger partial charge in [0.1, 0.15) is 17.9 Å². The molecule has 1 unspecified atom stereocenters. The van der Waals surface area contributed by atoms with Gasteiger partial charge in [0.25, 0.3) is 5.91 Å². The summed E-state index contributed by atoms with van der Waals surface area (Å²) < 4.78 is 23.1. The first-order chi connectivity index (χ1) is 19.7. The summed E-state index contributed by atoms with van der Waals surface area (Å²) in [5.74, 6) is 0.634. The predicted octanol–water partition coefficient (Wildman–Crippen LogP) is 6.48. The molecule has 2 heterocycles.